The van der Waals surface area contributed by atoms with Crippen molar-refractivity contribution in [3.8, 4) is 5.75 Å². The highest BCUT2D eigenvalue weighted by Gasteiger charge is 2.09. The van der Waals surface area contributed by atoms with Gasteiger partial charge in [-0.2, -0.15) is 0 Å². The minimum Gasteiger partial charge on any atom is -0.489 e. The first kappa shape index (κ1) is 16.5. The summed E-state index contributed by atoms with van der Waals surface area (Å²) in [5.74, 6) is 0.872. The molecule has 0 aliphatic carbocycles. The SMILES string of the molecule is CCOC(Cc1ccc(OCc2ccccc2)cc1)OCC. The Morgan fingerprint density at radius 3 is 2.00 bits per heavy atom. The van der Waals surface area contributed by atoms with Crippen molar-refractivity contribution in [2.24, 2.45) is 0 Å². The van der Waals surface area contributed by atoms with E-state index in [0.29, 0.717) is 19.8 Å². The Kier molecular flexibility index (Phi) is 6.94. The number of hydrogen-bond acceptors (Lipinski definition) is 3. The van der Waals surface area contributed by atoms with Gasteiger partial charge in [-0.25, -0.2) is 0 Å². The molecule has 0 aromatic heterocycles. The molecule has 2 rings (SSSR count). The van der Waals surface area contributed by atoms with Crippen LogP contribution in [0.15, 0.2) is 54.6 Å². The highest BCUT2D eigenvalue weighted by molar-refractivity contribution is 5.28. The topological polar surface area (TPSA) is 27.7 Å². The van der Waals surface area contributed by atoms with Crippen LogP contribution in [0.3, 0.4) is 0 Å². The molecule has 0 radical (unpaired) electrons. The van der Waals surface area contributed by atoms with Crippen LogP contribution in [0.5, 0.6) is 5.75 Å². The summed E-state index contributed by atoms with van der Waals surface area (Å²) in [7, 11) is 0. The lowest BCUT2D eigenvalue weighted by atomic mass is 10.1. The zero-order valence-electron chi connectivity index (χ0n) is 13.3. The van der Waals surface area contributed by atoms with Gasteiger partial charge in [-0.05, 0) is 37.1 Å². The smallest absolute Gasteiger partial charge is 0.161 e. The fourth-order valence-electron chi connectivity index (χ4n) is 2.19. The summed E-state index contributed by atoms with van der Waals surface area (Å²) in [6, 6.07) is 18.3. The fourth-order valence-corrected chi connectivity index (χ4v) is 2.19. The Hall–Kier alpha value is -1.84. The largest absolute Gasteiger partial charge is 0.489 e. The number of ether oxygens (including phenoxy) is 3. The van der Waals surface area contributed by atoms with E-state index in [4.69, 9.17) is 14.2 Å². The number of rotatable bonds is 9. The summed E-state index contributed by atoms with van der Waals surface area (Å²) < 4.78 is 16.9. The van der Waals surface area contributed by atoms with E-state index in [2.05, 4.69) is 24.3 Å². The van der Waals surface area contributed by atoms with Crippen molar-refractivity contribution in [2.45, 2.75) is 33.2 Å². The molecule has 0 saturated heterocycles. The van der Waals surface area contributed by atoms with Crippen molar-refractivity contribution in [1.82, 2.24) is 0 Å². The quantitative estimate of drug-likeness (QED) is 0.649. The van der Waals surface area contributed by atoms with Crippen LogP contribution >= 0.6 is 0 Å². The molecule has 22 heavy (non-hydrogen) atoms. The summed E-state index contributed by atoms with van der Waals surface area (Å²) in [6.45, 7) is 5.85. The van der Waals surface area contributed by atoms with E-state index >= 15 is 0 Å². The van der Waals surface area contributed by atoms with Crippen LogP contribution in [0.1, 0.15) is 25.0 Å². The summed E-state index contributed by atoms with van der Waals surface area (Å²) in [5, 5.41) is 0. The molecule has 2 aromatic carbocycles. The fraction of sp³-hybridized carbons (Fsp3) is 0.368. The lowest BCUT2D eigenvalue weighted by molar-refractivity contribution is -0.134. The Morgan fingerprint density at radius 2 is 1.41 bits per heavy atom. The molecule has 0 unspecified atom stereocenters. The molecule has 118 valence electrons. The molecule has 0 fully saturated rings. The molecule has 0 amide bonds. The molecule has 0 aliphatic rings. The van der Waals surface area contributed by atoms with Crippen molar-refractivity contribution in [3.63, 3.8) is 0 Å². The van der Waals surface area contributed by atoms with Crippen LogP contribution in [-0.2, 0) is 22.5 Å². The first-order valence-electron chi connectivity index (χ1n) is 7.80. The first-order chi connectivity index (χ1) is 10.8. The molecule has 0 spiro atoms. The monoisotopic (exact) mass is 300 g/mol. The second kappa shape index (κ2) is 9.23. The molecular formula is C19H24O3. The number of hydrogen-bond donors (Lipinski definition) is 0. The molecule has 3 heteroatoms. The van der Waals surface area contributed by atoms with Gasteiger partial charge in [0.05, 0.1) is 0 Å². The minimum atomic E-state index is -0.175. The third-order valence-electron chi connectivity index (χ3n) is 3.28. The van der Waals surface area contributed by atoms with Gasteiger partial charge in [0.15, 0.2) is 6.29 Å². The van der Waals surface area contributed by atoms with Crippen LogP contribution in [0.25, 0.3) is 0 Å². The van der Waals surface area contributed by atoms with E-state index in [0.717, 1.165) is 12.2 Å². The van der Waals surface area contributed by atoms with E-state index in [1.165, 1.54) is 11.1 Å². The normalized spacial score (nSPS) is 10.9. The van der Waals surface area contributed by atoms with Gasteiger partial charge in [-0.3, -0.25) is 0 Å². The minimum absolute atomic E-state index is 0.175. The average molecular weight is 300 g/mol. The molecule has 0 bridgehead atoms. The maximum absolute atomic E-state index is 5.78. The Bertz CT molecular complexity index is 516. The first-order valence-corrected chi connectivity index (χ1v) is 7.80. The molecule has 3 nitrogen and oxygen atoms in total. The lowest BCUT2D eigenvalue weighted by Crippen LogP contribution is -2.20. The van der Waals surface area contributed by atoms with Gasteiger partial charge in [0.2, 0.25) is 0 Å². The van der Waals surface area contributed by atoms with Gasteiger partial charge in [-0.1, -0.05) is 42.5 Å². The molecule has 0 N–H and O–H groups in total. The maximum atomic E-state index is 5.78. The van der Waals surface area contributed by atoms with E-state index < -0.39 is 0 Å². The summed E-state index contributed by atoms with van der Waals surface area (Å²) in [4.78, 5) is 0. The van der Waals surface area contributed by atoms with Crippen LogP contribution in [0.2, 0.25) is 0 Å². The zero-order valence-corrected chi connectivity index (χ0v) is 13.3. The summed E-state index contributed by atoms with van der Waals surface area (Å²) >= 11 is 0. The predicted octanol–water partition coefficient (Wildman–Crippen LogP) is 4.21. The third kappa shape index (κ3) is 5.51. The second-order valence-corrected chi connectivity index (χ2v) is 4.96. The van der Waals surface area contributed by atoms with Crippen molar-refractivity contribution < 1.29 is 14.2 Å². The van der Waals surface area contributed by atoms with Crippen LogP contribution in [0.4, 0.5) is 0 Å². The van der Waals surface area contributed by atoms with Gasteiger partial charge >= 0.3 is 0 Å². The predicted molar refractivity (Wildman–Crippen MR) is 88.0 cm³/mol. The van der Waals surface area contributed by atoms with Crippen molar-refractivity contribution >= 4 is 0 Å². The molecule has 0 heterocycles. The average Bonchev–Trinajstić information content (AvgIpc) is 2.56. The van der Waals surface area contributed by atoms with Gasteiger partial charge < -0.3 is 14.2 Å². The Labute approximate surface area is 132 Å². The molecule has 0 aliphatic heterocycles. The second-order valence-electron chi connectivity index (χ2n) is 4.96. The van der Waals surface area contributed by atoms with Crippen molar-refractivity contribution in [3.05, 3.63) is 65.7 Å². The standard InChI is InChI=1S/C19H24O3/c1-3-20-19(21-4-2)14-16-10-12-18(13-11-16)22-15-17-8-6-5-7-9-17/h5-13,19H,3-4,14-15H2,1-2H3. The third-order valence-corrected chi connectivity index (χ3v) is 3.28. The van der Waals surface area contributed by atoms with Crippen molar-refractivity contribution in [2.75, 3.05) is 13.2 Å². The van der Waals surface area contributed by atoms with Gasteiger partial charge in [0.1, 0.15) is 12.4 Å². The highest BCUT2D eigenvalue weighted by Crippen LogP contribution is 2.16. The van der Waals surface area contributed by atoms with Crippen molar-refractivity contribution in [1.29, 1.82) is 0 Å². The molecular weight excluding hydrogens is 276 g/mol. The molecule has 2 aromatic rings. The Morgan fingerprint density at radius 1 is 0.773 bits per heavy atom. The van der Waals surface area contributed by atoms with E-state index in [-0.39, 0.29) is 6.29 Å². The highest BCUT2D eigenvalue weighted by atomic mass is 16.7. The lowest BCUT2D eigenvalue weighted by Gasteiger charge is -2.17. The van der Waals surface area contributed by atoms with Crippen LogP contribution < -0.4 is 4.74 Å². The summed E-state index contributed by atoms with van der Waals surface area (Å²) in [6.07, 6.45) is 0.576. The van der Waals surface area contributed by atoms with E-state index in [9.17, 15) is 0 Å². The van der Waals surface area contributed by atoms with Crippen LogP contribution in [0, 0.1) is 0 Å². The van der Waals surface area contributed by atoms with E-state index in [1.54, 1.807) is 0 Å². The van der Waals surface area contributed by atoms with Gasteiger partial charge in [0.25, 0.3) is 0 Å². The van der Waals surface area contributed by atoms with Gasteiger partial charge in [-0.15, -0.1) is 0 Å². The number of benzene rings is 2. The molecule has 0 saturated carbocycles. The summed E-state index contributed by atoms with van der Waals surface area (Å²) in [5.41, 5.74) is 2.35. The van der Waals surface area contributed by atoms with Crippen LogP contribution in [-0.4, -0.2) is 19.5 Å². The van der Waals surface area contributed by atoms with E-state index in [1.807, 2.05) is 44.2 Å². The Balaban J connectivity index is 1.86. The van der Waals surface area contributed by atoms with Gasteiger partial charge in [0, 0.05) is 19.6 Å². The zero-order chi connectivity index (χ0) is 15.6. The molecule has 0 atom stereocenters. The maximum Gasteiger partial charge on any atom is 0.161 e.